The zero-order valence-corrected chi connectivity index (χ0v) is 16.6. The Kier molecular flexibility index (Phi) is 5.44. The van der Waals surface area contributed by atoms with E-state index in [0.29, 0.717) is 10.6 Å². The second-order valence-electron chi connectivity index (χ2n) is 6.39. The van der Waals surface area contributed by atoms with Gasteiger partial charge in [0.2, 0.25) is 5.78 Å². The van der Waals surface area contributed by atoms with Crippen LogP contribution >= 0.6 is 15.9 Å². The summed E-state index contributed by atoms with van der Waals surface area (Å²) in [5.41, 5.74) is 0.720. The van der Waals surface area contributed by atoms with E-state index in [4.69, 9.17) is 9.57 Å². The molecule has 3 N–H and O–H groups in total. The fraction of sp³-hybridized carbons (Fsp3) is 0.263. The van der Waals surface area contributed by atoms with Gasteiger partial charge in [-0.25, -0.2) is 9.90 Å². The lowest BCUT2D eigenvalue weighted by atomic mass is 9.88. The van der Waals surface area contributed by atoms with Crippen LogP contribution in [0.3, 0.4) is 0 Å². The molecule has 0 fully saturated rings. The summed E-state index contributed by atoms with van der Waals surface area (Å²) in [5.74, 6) is -4.80. The number of phenolic OH excluding ortho intramolecular Hbond substituents is 2. The number of ether oxygens (including phenoxy) is 1. The Balaban J connectivity index is 2.13. The highest BCUT2D eigenvalue weighted by atomic mass is 79.9. The molecule has 0 aromatic heterocycles. The van der Waals surface area contributed by atoms with Crippen molar-refractivity contribution in [1.29, 1.82) is 0 Å². The van der Waals surface area contributed by atoms with E-state index >= 15 is 0 Å². The molecule has 0 bridgehead atoms. The van der Waals surface area contributed by atoms with Gasteiger partial charge in [-0.05, 0) is 29.3 Å². The van der Waals surface area contributed by atoms with Crippen LogP contribution in [-0.2, 0) is 31.6 Å². The summed E-state index contributed by atoms with van der Waals surface area (Å²) in [6.45, 7) is 1.04. The highest BCUT2D eigenvalue weighted by Crippen LogP contribution is 2.49. The van der Waals surface area contributed by atoms with Gasteiger partial charge in [-0.15, -0.1) is 0 Å². The van der Waals surface area contributed by atoms with E-state index in [0.717, 1.165) is 17.5 Å². The number of halogens is 1. The molecule has 0 aliphatic carbocycles. The number of benzene rings is 2. The van der Waals surface area contributed by atoms with Gasteiger partial charge >= 0.3 is 5.91 Å². The number of hydroxylamine groups is 2. The molecule has 0 spiro atoms. The molecule has 1 amide bonds. The van der Waals surface area contributed by atoms with Crippen LogP contribution < -0.4 is 0 Å². The molecule has 28 heavy (non-hydrogen) atoms. The van der Waals surface area contributed by atoms with Crippen molar-refractivity contribution in [2.24, 2.45) is 0 Å². The average molecular weight is 452 g/mol. The topological polar surface area (TPSA) is 117 Å². The minimum atomic E-state index is -2.35. The monoisotopic (exact) mass is 451 g/mol. The summed E-state index contributed by atoms with van der Waals surface area (Å²) in [6.07, 6.45) is -1.13. The van der Waals surface area contributed by atoms with Crippen LogP contribution in [0, 0.1) is 0 Å². The van der Waals surface area contributed by atoms with Crippen molar-refractivity contribution in [3.63, 3.8) is 0 Å². The summed E-state index contributed by atoms with van der Waals surface area (Å²) >= 11 is 3.33. The number of amides is 1. The van der Waals surface area contributed by atoms with Crippen molar-refractivity contribution in [2.45, 2.75) is 25.4 Å². The smallest absolute Gasteiger partial charge is 0.313 e. The zero-order chi connectivity index (χ0) is 20.6. The van der Waals surface area contributed by atoms with E-state index < -0.39 is 29.3 Å². The number of ketones is 1. The molecule has 2 unspecified atom stereocenters. The third-order valence-electron chi connectivity index (χ3n) is 4.34. The fourth-order valence-corrected chi connectivity index (χ4v) is 3.40. The number of carbonyl (C=O) groups is 2. The van der Waals surface area contributed by atoms with Crippen molar-refractivity contribution in [3.05, 3.63) is 57.6 Å². The van der Waals surface area contributed by atoms with Crippen LogP contribution in [0.1, 0.15) is 29.7 Å². The first-order valence-corrected chi connectivity index (χ1v) is 9.05. The normalized spacial score (nSPS) is 21.1. The number of fused-ring (bicyclic) bond motifs is 1. The molecule has 3 rings (SSSR count). The predicted octanol–water partition coefficient (Wildman–Crippen LogP) is 2.26. The Labute approximate surface area is 169 Å². The third-order valence-corrected chi connectivity index (χ3v) is 4.87. The number of rotatable bonds is 4. The number of carbonyl (C=O) groups excluding carboxylic acids is 2. The minimum Gasteiger partial charge on any atom is -0.508 e. The Bertz CT molecular complexity index is 931. The van der Waals surface area contributed by atoms with Crippen LogP contribution in [0.2, 0.25) is 0 Å². The Morgan fingerprint density at radius 3 is 2.50 bits per heavy atom. The van der Waals surface area contributed by atoms with Crippen LogP contribution in [0.25, 0.3) is 0 Å². The molecular formula is C19H18BrNO7. The first kappa shape index (κ1) is 20.3. The van der Waals surface area contributed by atoms with E-state index in [2.05, 4.69) is 15.9 Å². The quantitative estimate of drug-likeness (QED) is 0.370. The molecule has 0 saturated heterocycles. The number of likely N-dealkylation sites (N-methyl/N-ethyl adjacent to an activating group) is 1. The summed E-state index contributed by atoms with van der Waals surface area (Å²) in [7, 11) is 1.17. The number of aromatic hydroxyl groups is 2. The predicted molar refractivity (Wildman–Crippen MR) is 99.9 cm³/mol. The number of hydrogen-bond donors (Lipinski definition) is 3. The van der Waals surface area contributed by atoms with Crippen molar-refractivity contribution < 1.29 is 34.5 Å². The van der Waals surface area contributed by atoms with E-state index in [1.165, 1.54) is 13.1 Å². The summed E-state index contributed by atoms with van der Waals surface area (Å²) < 4.78 is 6.56. The third kappa shape index (κ3) is 3.61. The summed E-state index contributed by atoms with van der Waals surface area (Å²) in [5, 5.41) is 32.2. The molecule has 148 valence electrons. The SMILES string of the molecule is CC(=O)C(=O)N(C)OC1(O)c2c(O)cc(O)cc2COC1c1ccc(Br)cc1. The van der Waals surface area contributed by atoms with Gasteiger partial charge in [-0.2, -0.15) is 0 Å². The van der Waals surface area contributed by atoms with Gasteiger partial charge in [-0.1, -0.05) is 28.1 Å². The maximum absolute atomic E-state index is 12.0. The highest BCUT2D eigenvalue weighted by molar-refractivity contribution is 9.10. The van der Waals surface area contributed by atoms with Gasteiger partial charge in [-0.3, -0.25) is 9.59 Å². The number of nitrogens with zero attached hydrogens (tertiary/aromatic N) is 1. The fourth-order valence-electron chi connectivity index (χ4n) is 3.14. The van der Waals surface area contributed by atoms with Gasteiger partial charge in [0.25, 0.3) is 5.79 Å². The van der Waals surface area contributed by atoms with Crippen molar-refractivity contribution >= 4 is 27.6 Å². The number of aliphatic hydroxyl groups is 1. The molecule has 0 radical (unpaired) electrons. The number of hydrogen-bond acceptors (Lipinski definition) is 7. The molecule has 1 aliphatic rings. The number of phenols is 2. The molecule has 2 aromatic rings. The average Bonchev–Trinajstić information content (AvgIpc) is 2.61. The molecule has 2 atom stereocenters. The Morgan fingerprint density at radius 1 is 1.25 bits per heavy atom. The Hall–Kier alpha value is -2.46. The van der Waals surface area contributed by atoms with Gasteiger partial charge in [0.15, 0.2) is 0 Å². The van der Waals surface area contributed by atoms with Crippen LogP contribution in [0.5, 0.6) is 11.5 Å². The standard InChI is InChI=1S/C19H18BrNO7/c1-10(22)18(25)21(2)28-19(26)16-12(7-14(23)8-15(16)24)9-27-17(19)11-3-5-13(20)6-4-11/h3-8,17,23-24,26H,9H2,1-2H3. The maximum atomic E-state index is 12.0. The Morgan fingerprint density at radius 2 is 1.89 bits per heavy atom. The molecular weight excluding hydrogens is 434 g/mol. The van der Waals surface area contributed by atoms with Crippen molar-refractivity contribution in [2.75, 3.05) is 7.05 Å². The lowest BCUT2D eigenvalue weighted by Crippen LogP contribution is -2.48. The van der Waals surface area contributed by atoms with Gasteiger partial charge in [0.05, 0.1) is 12.2 Å². The second-order valence-corrected chi connectivity index (χ2v) is 7.30. The number of Topliss-reactive ketones (excluding diaryl/α,β-unsaturated/α-hetero) is 1. The van der Waals surface area contributed by atoms with Gasteiger partial charge < -0.3 is 20.1 Å². The van der Waals surface area contributed by atoms with Crippen molar-refractivity contribution in [3.8, 4) is 11.5 Å². The molecule has 1 heterocycles. The van der Waals surface area contributed by atoms with Crippen molar-refractivity contribution in [1.82, 2.24) is 5.06 Å². The lowest BCUT2D eigenvalue weighted by molar-refractivity contribution is -0.364. The largest absolute Gasteiger partial charge is 0.508 e. The van der Waals surface area contributed by atoms with Crippen LogP contribution in [0.15, 0.2) is 40.9 Å². The van der Waals surface area contributed by atoms with Crippen LogP contribution in [0.4, 0.5) is 0 Å². The molecule has 8 nitrogen and oxygen atoms in total. The molecule has 1 aliphatic heterocycles. The summed E-state index contributed by atoms with van der Waals surface area (Å²) in [6, 6.07) is 9.18. The van der Waals surface area contributed by atoms with E-state index in [9.17, 15) is 24.9 Å². The van der Waals surface area contributed by atoms with E-state index in [-0.39, 0.29) is 23.5 Å². The van der Waals surface area contributed by atoms with Crippen LogP contribution in [-0.4, -0.2) is 39.1 Å². The second kappa shape index (κ2) is 7.51. The van der Waals surface area contributed by atoms with Gasteiger partial charge in [0.1, 0.15) is 17.6 Å². The highest BCUT2D eigenvalue weighted by Gasteiger charge is 2.50. The lowest BCUT2D eigenvalue weighted by Gasteiger charge is -2.42. The van der Waals surface area contributed by atoms with E-state index in [1.807, 2.05) is 0 Å². The van der Waals surface area contributed by atoms with E-state index in [1.54, 1.807) is 24.3 Å². The minimum absolute atomic E-state index is 0.0337. The zero-order valence-electron chi connectivity index (χ0n) is 15.0. The molecule has 0 saturated carbocycles. The molecule has 2 aromatic carbocycles. The maximum Gasteiger partial charge on any atom is 0.313 e. The first-order valence-electron chi connectivity index (χ1n) is 8.26. The molecule has 9 heteroatoms. The van der Waals surface area contributed by atoms with Gasteiger partial charge in [0, 0.05) is 24.5 Å². The first-order chi connectivity index (χ1) is 13.1. The summed E-state index contributed by atoms with van der Waals surface area (Å²) in [4.78, 5) is 28.9.